The Bertz CT molecular complexity index is 379. The van der Waals surface area contributed by atoms with E-state index in [-0.39, 0.29) is 11.5 Å². The van der Waals surface area contributed by atoms with Crippen LogP contribution in [0, 0.1) is 0 Å². The van der Waals surface area contributed by atoms with Crippen LogP contribution in [0.2, 0.25) is 0 Å². The first-order valence-electron chi connectivity index (χ1n) is 12.5. The van der Waals surface area contributed by atoms with Crippen molar-refractivity contribution in [3.8, 4) is 0 Å². The van der Waals surface area contributed by atoms with Crippen LogP contribution in [0.3, 0.4) is 0 Å². The third-order valence-corrected chi connectivity index (χ3v) is 6.10. The third-order valence-electron chi connectivity index (χ3n) is 6.10. The van der Waals surface area contributed by atoms with Crippen molar-refractivity contribution in [2.75, 3.05) is 19.7 Å². The molecule has 1 aliphatic heterocycles. The van der Waals surface area contributed by atoms with Gasteiger partial charge in [0.1, 0.15) is 5.60 Å². The molecular formula is C25H49NO2. The Kier molecular flexibility index (Phi) is 14.8. The Morgan fingerprint density at radius 2 is 1.14 bits per heavy atom. The van der Waals surface area contributed by atoms with E-state index in [1.54, 1.807) is 0 Å². The molecule has 3 heteroatoms. The zero-order chi connectivity index (χ0) is 20.5. The van der Waals surface area contributed by atoms with Gasteiger partial charge in [-0.2, -0.15) is 0 Å². The van der Waals surface area contributed by atoms with Crippen LogP contribution >= 0.6 is 0 Å². The van der Waals surface area contributed by atoms with E-state index in [0.717, 1.165) is 26.1 Å². The first-order chi connectivity index (χ1) is 13.6. The predicted octanol–water partition coefficient (Wildman–Crippen LogP) is 7.28. The third kappa shape index (κ3) is 13.6. The fourth-order valence-electron chi connectivity index (χ4n) is 3.98. The Hall–Kier alpha value is -0.570. The van der Waals surface area contributed by atoms with Gasteiger partial charge in [0.15, 0.2) is 0 Å². The summed E-state index contributed by atoms with van der Waals surface area (Å²) in [4.78, 5) is 14.1. The molecule has 0 saturated carbocycles. The molecule has 0 radical (unpaired) electrons. The molecular weight excluding hydrogens is 346 g/mol. The van der Waals surface area contributed by atoms with Crippen LogP contribution in [0.4, 0.5) is 0 Å². The number of rotatable bonds is 20. The molecule has 0 N–H and O–H groups in total. The van der Waals surface area contributed by atoms with Gasteiger partial charge in [0.05, 0.1) is 13.2 Å². The number of unbranched alkanes of at least 4 members (excludes halogenated alkanes) is 15. The average molecular weight is 396 g/mol. The molecule has 1 aliphatic rings. The summed E-state index contributed by atoms with van der Waals surface area (Å²) in [5.41, 5.74) is -0.0557. The van der Waals surface area contributed by atoms with Gasteiger partial charge >= 0.3 is 0 Å². The number of ether oxygens (including phenoxy) is 1. The fourth-order valence-corrected chi connectivity index (χ4v) is 3.98. The lowest BCUT2D eigenvalue weighted by molar-refractivity contribution is -0.131. The normalized spacial score (nSPS) is 18.4. The SMILES string of the molecule is CCCCCCCCCCCCCCCCCCN(CC1(C)CO1)C(=O)CC. The van der Waals surface area contributed by atoms with Gasteiger partial charge < -0.3 is 9.64 Å². The van der Waals surface area contributed by atoms with E-state index in [1.807, 2.05) is 11.8 Å². The highest BCUT2D eigenvalue weighted by atomic mass is 16.6. The zero-order valence-electron chi connectivity index (χ0n) is 19.4. The Labute approximate surface area is 176 Å². The van der Waals surface area contributed by atoms with E-state index < -0.39 is 0 Å². The van der Waals surface area contributed by atoms with Crippen molar-refractivity contribution >= 4 is 5.91 Å². The van der Waals surface area contributed by atoms with Crippen LogP contribution in [0.1, 0.15) is 130 Å². The minimum atomic E-state index is -0.0557. The van der Waals surface area contributed by atoms with E-state index in [4.69, 9.17) is 4.74 Å². The van der Waals surface area contributed by atoms with Gasteiger partial charge in [-0.05, 0) is 13.3 Å². The second-order valence-corrected chi connectivity index (χ2v) is 9.21. The van der Waals surface area contributed by atoms with Crippen LogP contribution in [0.5, 0.6) is 0 Å². The number of carbonyl (C=O) groups is 1. The molecule has 1 rings (SSSR count). The van der Waals surface area contributed by atoms with Crippen molar-refractivity contribution in [2.24, 2.45) is 0 Å². The summed E-state index contributed by atoms with van der Waals surface area (Å²) in [6.45, 7) is 8.84. The topological polar surface area (TPSA) is 32.8 Å². The smallest absolute Gasteiger partial charge is 0.222 e. The van der Waals surface area contributed by atoms with Gasteiger partial charge in [-0.25, -0.2) is 0 Å². The highest BCUT2D eigenvalue weighted by Crippen LogP contribution is 2.27. The quantitative estimate of drug-likeness (QED) is 0.160. The van der Waals surface area contributed by atoms with Crippen LogP contribution in [-0.2, 0) is 9.53 Å². The summed E-state index contributed by atoms with van der Waals surface area (Å²) in [5, 5.41) is 0. The predicted molar refractivity (Wildman–Crippen MR) is 121 cm³/mol. The molecule has 1 fully saturated rings. The fraction of sp³-hybridized carbons (Fsp3) is 0.960. The second-order valence-electron chi connectivity index (χ2n) is 9.21. The first kappa shape index (κ1) is 25.5. The maximum Gasteiger partial charge on any atom is 0.222 e. The lowest BCUT2D eigenvalue weighted by Gasteiger charge is -2.24. The Morgan fingerprint density at radius 1 is 0.750 bits per heavy atom. The number of nitrogens with zero attached hydrogens (tertiary/aromatic N) is 1. The lowest BCUT2D eigenvalue weighted by Crippen LogP contribution is -2.38. The minimum Gasteiger partial charge on any atom is -0.368 e. The average Bonchev–Trinajstić information content (AvgIpc) is 3.43. The molecule has 0 aromatic carbocycles. The van der Waals surface area contributed by atoms with Gasteiger partial charge in [0.25, 0.3) is 0 Å². The number of hydrogen-bond donors (Lipinski definition) is 0. The maximum atomic E-state index is 12.1. The molecule has 0 bridgehead atoms. The number of amides is 1. The summed E-state index contributed by atoms with van der Waals surface area (Å²) in [6, 6.07) is 0. The summed E-state index contributed by atoms with van der Waals surface area (Å²) >= 11 is 0. The highest BCUT2D eigenvalue weighted by molar-refractivity contribution is 5.75. The molecule has 1 unspecified atom stereocenters. The van der Waals surface area contributed by atoms with Crippen molar-refractivity contribution in [1.82, 2.24) is 4.90 Å². The summed E-state index contributed by atoms with van der Waals surface area (Å²) in [7, 11) is 0. The van der Waals surface area contributed by atoms with Gasteiger partial charge in [-0.15, -0.1) is 0 Å². The molecule has 0 spiro atoms. The molecule has 28 heavy (non-hydrogen) atoms. The van der Waals surface area contributed by atoms with Crippen molar-refractivity contribution in [3.05, 3.63) is 0 Å². The minimum absolute atomic E-state index is 0.0557. The van der Waals surface area contributed by atoms with Gasteiger partial charge in [0, 0.05) is 13.0 Å². The number of epoxide rings is 1. The monoisotopic (exact) mass is 395 g/mol. The highest BCUT2D eigenvalue weighted by Gasteiger charge is 2.41. The van der Waals surface area contributed by atoms with E-state index in [2.05, 4.69) is 13.8 Å². The van der Waals surface area contributed by atoms with Crippen LogP contribution in [0.15, 0.2) is 0 Å². The van der Waals surface area contributed by atoms with Gasteiger partial charge in [-0.1, -0.05) is 110 Å². The molecule has 0 aliphatic carbocycles. The van der Waals surface area contributed by atoms with Crippen molar-refractivity contribution in [2.45, 2.75) is 136 Å². The zero-order valence-corrected chi connectivity index (χ0v) is 19.4. The first-order valence-corrected chi connectivity index (χ1v) is 12.5. The maximum absolute atomic E-state index is 12.1. The molecule has 0 aromatic heterocycles. The van der Waals surface area contributed by atoms with Gasteiger partial charge in [-0.3, -0.25) is 4.79 Å². The van der Waals surface area contributed by atoms with Crippen molar-refractivity contribution < 1.29 is 9.53 Å². The van der Waals surface area contributed by atoms with E-state index in [0.29, 0.717) is 6.42 Å². The molecule has 1 atom stereocenters. The molecule has 166 valence electrons. The van der Waals surface area contributed by atoms with Crippen LogP contribution in [0.25, 0.3) is 0 Å². The Balaban J connectivity index is 1.83. The summed E-state index contributed by atoms with van der Waals surface area (Å²) < 4.78 is 5.46. The van der Waals surface area contributed by atoms with Gasteiger partial charge in [0.2, 0.25) is 5.91 Å². The Morgan fingerprint density at radius 3 is 1.50 bits per heavy atom. The molecule has 1 heterocycles. The number of hydrogen-bond acceptors (Lipinski definition) is 2. The molecule has 1 amide bonds. The molecule has 0 aromatic rings. The molecule has 3 nitrogen and oxygen atoms in total. The largest absolute Gasteiger partial charge is 0.368 e. The lowest BCUT2D eigenvalue weighted by atomic mass is 10.0. The molecule has 1 saturated heterocycles. The van der Waals surface area contributed by atoms with E-state index >= 15 is 0 Å². The second kappa shape index (κ2) is 16.3. The summed E-state index contributed by atoms with van der Waals surface area (Å²) in [6.07, 6.45) is 22.8. The summed E-state index contributed by atoms with van der Waals surface area (Å²) in [5.74, 6) is 0.276. The van der Waals surface area contributed by atoms with E-state index in [1.165, 1.54) is 96.3 Å². The van der Waals surface area contributed by atoms with Crippen molar-refractivity contribution in [1.29, 1.82) is 0 Å². The van der Waals surface area contributed by atoms with Crippen LogP contribution < -0.4 is 0 Å². The van der Waals surface area contributed by atoms with Crippen LogP contribution in [-0.4, -0.2) is 36.1 Å². The standard InChI is InChI=1S/C25H49NO2/c1-4-6-7-8-9-10-11-12-13-14-15-16-17-18-19-20-21-26(24(27)5-2)22-25(3)23-28-25/h4-23H2,1-3H3. The number of carbonyl (C=O) groups excluding carboxylic acids is 1. The van der Waals surface area contributed by atoms with E-state index in [9.17, 15) is 4.79 Å². The van der Waals surface area contributed by atoms with Crippen molar-refractivity contribution in [3.63, 3.8) is 0 Å².